The molecular weight excluding hydrogens is 575 g/mol. The molecule has 0 atom stereocenters. The van der Waals surface area contributed by atoms with Crippen molar-refractivity contribution in [3.05, 3.63) is 139 Å². The monoisotopic (exact) mass is 599 g/mol. The van der Waals surface area contributed by atoms with Crippen LogP contribution in [0.2, 0.25) is 0 Å². The molecule has 0 unspecified atom stereocenters. The second-order valence-electron chi connectivity index (χ2n) is 12.1. The summed E-state index contributed by atoms with van der Waals surface area (Å²) in [6.07, 6.45) is 2.07. The average molecular weight is 599 g/mol. The molecule has 0 saturated carbocycles. The van der Waals surface area contributed by atoms with E-state index in [1.165, 1.54) is 12.1 Å². The summed E-state index contributed by atoms with van der Waals surface area (Å²) in [6.45, 7) is -0.174. The Kier molecular flexibility index (Phi) is 5.05. The van der Waals surface area contributed by atoms with Gasteiger partial charge in [-0.25, -0.2) is 8.78 Å². The maximum absolute atomic E-state index is 15.8. The molecule has 0 bridgehead atoms. The molecular formula is C39H24BF2N3O. The summed E-state index contributed by atoms with van der Waals surface area (Å²) in [5.74, 6) is -0.628. The molecule has 2 aliphatic heterocycles. The van der Waals surface area contributed by atoms with E-state index in [1.807, 2.05) is 54.4 Å². The number of hydrogen-bond donors (Lipinski definition) is 0. The number of fused-ring (bicyclic) bond motifs is 8. The van der Waals surface area contributed by atoms with Crippen LogP contribution in [0.5, 0.6) is 0 Å². The van der Waals surface area contributed by atoms with E-state index >= 15 is 4.39 Å². The first-order valence-electron chi connectivity index (χ1n) is 15.3. The second kappa shape index (κ2) is 9.11. The lowest BCUT2D eigenvalue weighted by Gasteiger charge is -2.44. The van der Waals surface area contributed by atoms with Crippen LogP contribution in [0.3, 0.4) is 0 Å². The molecule has 0 aliphatic carbocycles. The fourth-order valence-electron chi connectivity index (χ4n) is 7.70. The molecule has 218 valence electrons. The molecule has 0 spiro atoms. The van der Waals surface area contributed by atoms with E-state index in [2.05, 4.69) is 64.2 Å². The van der Waals surface area contributed by atoms with E-state index in [4.69, 9.17) is 4.42 Å². The van der Waals surface area contributed by atoms with Crippen molar-refractivity contribution in [2.45, 2.75) is 0 Å². The van der Waals surface area contributed by atoms with Gasteiger partial charge in [-0.05, 0) is 82.4 Å². The molecule has 2 aliphatic rings. The van der Waals surface area contributed by atoms with Crippen LogP contribution < -0.4 is 26.2 Å². The topological polar surface area (TPSA) is 24.6 Å². The van der Waals surface area contributed by atoms with E-state index in [1.54, 1.807) is 18.2 Å². The minimum Gasteiger partial charge on any atom is -0.456 e. The predicted octanol–water partition coefficient (Wildman–Crippen LogP) is 8.44. The third-order valence-electron chi connectivity index (χ3n) is 9.65. The average Bonchev–Trinajstić information content (AvgIpc) is 3.62. The van der Waals surface area contributed by atoms with Gasteiger partial charge in [0.15, 0.2) is 0 Å². The summed E-state index contributed by atoms with van der Waals surface area (Å²) >= 11 is 0. The van der Waals surface area contributed by atoms with Crippen molar-refractivity contribution in [1.29, 1.82) is 0 Å². The molecule has 0 radical (unpaired) electrons. The molecule has 8 aromatic rings. The number of aromatic nitrogens is 1. The van der Waals surface area contributed by atoms with Crippen molar-refractivity contribution in [2.75, 3.05) is 9.80 Å². The molecule has 0 N–H and O–H groups in total. The van der Waals surface area contributed by atoms with E-state index in [9.17, 15) is 4.39 Å². The Hall–Kier alpha value is -5.82. The van der Waals surface area contributed by atoms with Crippen LogP contribution in [0.15, 0.2) is 132 Å². The van der Waals surface area contributed by atoms with Crippen LogP contribution in [0.4, 0.5) is 42.9 Å². The van der Waals surface area contributed by atoms with Crippen molar-refractivity contribution in [1.82, 2.24) is 4.57 Å². The fraction of sp³-hybridized carbons (Fsp3) is 0.0256. The maximum atomic E-state index is 15.8. The quantitative estimate of drug-likeness (QED) is 0.187. The smallest absolute Gasteiger partial charge is 0.252 e. The highest BCUT2D eigenvalue weighted by molar-refractivity contribution is 7.00. The van der Waals surface area contributed by atoms with Gasteiger partial charge in [-0.1, -0.05) is 54.6 Å². The number of benzene rings is 6. The Labute approximate surface area is 263 Å². The van der Waals surface area contributed by atoms with Crippen LogP contribution in [-0.4, -0.2) is 11.3 Å². The van der Waals surface area contributed by atoms with Crippen molar-refractivity contribution in [3.63, 3.8) is 0 Å². The number of anilines is 6. The van der Waals surface area contributed by atoms with Gasteiger partial charge in [-0.2, -0.15) is 0 Å². The zero-order valence-corrected chi connectivity index (χ0v) is 24.7. The Morgan fingerprint density at radius 2 is 1.33 bits per heavy atom. The first-order valence-corrected chi connectivity index (χ1v) is 15.3. The Morgan fingerprint density at radius 1 is 0.587 bits per heavy atom. The zero-order chi connectivity index (χ0) is 30.7. The SMILES string of the molecule is Cn1ccc2cc3c(cc21)N(c1cccc(F)c1)c1cccc2c1B3c1cc3c(cc1N2c1ccccc1F)oc1ccccc13. The lowest BCUT2D eigenvalue weighted by Crippen LogP contribution is -2.61. The lowest BCUT2D eigenvalue weighted by atomic mass is 9.33. The van der Waals surface area contributed by atoms with Gasteiger partial charge in [-0.15, -0.1) is 0 Å². The first-order chi connectivity index (χ1) is 22.5. The zero-order valence-electron chi connectivity index (χ0n) is 24.7. The van der Waals surface area contributed by atoms with E-state index < -0.39 is 0 Å². The fourth-order valence-corrected chi connectivity index (χ4v) is 7.70. The summed E-state index contributed by atoms with van der Waals surface area (Å²) in [5.41, 5.74) is 10.7. The van der Waals surface area contributed by atoms with Gasteiger partial charge in [-0.3, -0.25) is 0 Å². The standard InChI is InChI=1S/C39H24BF2N3O/c1-43-17-16-23-18-28-35(21-34(23)43)44(25-9-6-8-24(41)19-25)32-13-7-14-33-39(32)40(28)29-20-27-26-10-2-5-15-37(26)46-38(27)22-36(29)45(33)31-12-4-3-11-30(31)42/h2-22H,1H3. The highest BCUT2D eigenvalue weighted by Crippen LogP contribution is 2.46. The summed E-state index contributed by atoms with van der Waals surface area (Å²) in [5, 5.41) is 3.17. The third kappa shape index (κ3) is 3.37. The molecule has 2 aromatic heterocycles. The van der Waals surface area contributed by atoms with Gasteiger partial charge in [0.05, 0.1) is 5.69 Å². The number of furan rings is 1. The number of aryl methyl sites for hydroxylation is 1. The molecule has 0 amide bonds. The molecule has 4 heterocycles. The van der Waals surface area contributed by atoms with Crippen LogP contribution in [0.25, 0.3) is 32.8 Å². The third-order valence-corrected chi connectivity index (χ3v) is 9.65. The maximum Gasteiger partial charge on any atom is 0.252 e. The predicted molar refractivity (Wildman–Crippen MR) is 184 cm³/mol. The van der Waals surface area contributed by atoms with Crippen molar-refractivity contribution >= 4 is 90.1 Å². The number of para-hydroxylation sites is 2. The van der Waals surface area contributed by atoms with Crippen molar-refractivity contribution < 1.29 is 13.2 Å². The molecule has 0 fully saturated rings. The molecule has 0 saturated heterocycles. The molecule has 46 heavy (non-hydrogen) atoms. The Bertz CT molecular complexity index is 2570. The first kappa shape index (κ1) is 25.5. The minimum absolute atomic E-state index is 0.174. The van der Waals surface area contributed by atoms with Crippen LogP contribution in [0, 0.1) is 11.6 Å². The van der Waals surface area contributed by atoms with Gasteiger partial charge >= 0.3 is 0 Å². The van der Waals surface area contributed by atoms with Crippen LogP contribution >= 0.6 is 0 Å². The number of rotatable bonds is 2. The highest BCUT2D eigenvalue weighted by Gasteiger charge is 2.44. The number of halogens is 2. The van der Waals surface area contributed by atoms with Crippen LogP contribution in [0.1, 0.15) is 0 Å². The van der Waals surface area contributed by atoms with Crippen LogP contribution in [-0.2, 0) is 7.05 Å². The summed E-state index contributed by atoms with van der Waals surface area (Å²) in [7, 11) is 2.04. The van der Waals surface area contributed by atoms with Gasteiger partial charge in [0, 0.05) is 64.0 Å². The minimum atomic E-state index is -0.321. The number of nitrogens with zero attached hydrogens (tertiary/aromatic N) is 3. The molecule has 6 aromatic carbocycles. The largest absolute Gasteiger partial charge is 0.456 e. The lowest BCUT2D eigenvalue weighted by molar-refractivity contribution is 0.628. The van der Waals surface area contributed by atoms with Gasteiger partial charge in [0.25, 0.3) is 6.71 Å². The van der Waals surface area contributed by atoms with Crippen molar-refractivity contribution in [3.8, 4) is 0 Å². The molecule has 10 rings (SSSR count). The van der Waals surface area contributed by atoms with E-state index in [0.717, 1.165) is 77.7 Å². The summed E-state index contributed by atoms with van der Waals surface area (Å²) in [6, 6.07) is 38.7. The second-order valence-corrected chi connectivity index (χ2v) is 12.1. The van der Waals surface area contributed by atoms with Gasteiger partial charge in [0.1, 0.15) is 22.8 Å². The highest BCUT2D eigenvalue weighted by atomic mass is 19.1. The molecule has 4 nitrogen and oxygen atoms in total. The Morgan fingerprint density at radius 3 is 2.20 bits per heavy atom. The summed E-state index contributed by atoms with van der Waals surface area (Å²) in [4.78, 5) is 4.17. The van der Waals surface area contributed by atoms with E-state index in [-0.39, 0.29) is 18.3 Å². The van der Waals surface area contributed by atoms with Gasteiger partial charge < -0.3 is 18.8 Å². The Balaban J connectivity index is 1.37. The van der Waals surface area contributed by atoms with Crippen molar-refractivity contribution in [2.24, 2.45) is 7.05 Å². The summed E-state index contributed by atoms with van der Waals surface area (Å²) < 4.78 is 39.2. The molecule has 7 heteroatoms. The number of hydrogen-bond acceptors (Lipinski definition) is 3. The van der Waals surface area contributed by atoms with E-state index in [0.29, 0.717) is 5.69 Å². The van der Waals surface area contributed by atoms with Gasteiger partial charge in [0.2, 0.25) is 0 Å². The normalized spacial score (nSPS) is 13.4.